The number of primary amides is 1. The van der Waals surface area contributed by atoms with Gasteiger partial charge >= 0.3 is 0 Å². The third kappa shape index (κ3) is 5.52. The summed E-state index contributed by atoms with van der Waals surface area (Å²) in [5.41, 5.74) is 7.19. The largest absolute Gasteiger partial charge is 0.378 e. The Bertz CT molecular complexity index is 1290. The lowest BCUT2D eigenvalue weighted by atomic mass is 9.82. The van der Waals surface area contributed by atoms with Gasteiger partial charge in [0.25, 0.3) is 11.8 Å². The van der Waals surface area contributed by atoms with E-state index in [0.717, 1.165) is 5.69 Å². The van der Waals surface area contributed by atoms with Gasteiger partial charge in [-0.15, -0.1) is 10.2 Å². The maximum absolute atomic E-state index is 15.1. The number of carbonyl (C=O) groups is 2. The summed E-state index contributed by atoms with van der Waals surface area (Å²) in [6.45, 7) is 1.58. The molecule has 0 aliphatic carbocycles. The quantitative estimate of drug-likeness (QED) is 0.441. The Morgan fingerprint density at radius 1 is 1.19 bits per heavy atom. The standard InChI is InChI=1S/C25H30F2N8O2/c1-15-19(13-20(36)16-5-7-18(8-6-16)33(2)3)25(26,27)10-12-35(15)24-30-23(21(22(28)37)31-32-24)29-17-9-11-34(4)14-17/h5-9,11,14-15,19H,10,12-13H2,1-4H3,(H2,28,37)(H,29,30,32)/t15-,19+/m1/s1. The molecule has 3 N–H and O–H groups in total. The van der Waals surface area contributed by atoms with Crippen LogP contribution in [-0.2, 0) is 7.05 Å². The molecule has 2 atom stereocenters. The van der Waals surface area contributed by atoms with E-state index in [4.69, 9.17) is 5.73 Å². The number of hydrogen-bond donors (Lipinski definition) is 2. The van der Waals surface area contributed by atoms with E-state index >= 15 is 8.78 Å². The van der Waals surface area contributed by atoms with Crippen LogP contribution in [0.15, 0.2) is 42.7 Å². The van der Waals surface area contributed by atoms with Gasteiger partial charge in [-0.2, -0.15) is 4.98 Å². The Labute approximate surface area is 213 Å². The average molecular weight is 513 g/mol. The number of carbonyl (C=O) groups excluding carboxylic acids is 2. The van der Waals surface area contributed by atoms with Gasteiger partial charge in [0, 0.05) is 70.2 Å². The fourth-order valence-electron chi connectivity index (χ4n) is 4.50. The van der Waals surface area contributed by atoms with Crippen LogP contribution in [0.2, 0.25) is 0 Å². The van der Waals surface area contributed by atoms with Gasteiger partial charge in [0.15, 0.2) is 17.3 Å². The summed E-state index contributed by atoms with van der Waals surface area (Å²) in [5.74, 6) is -5.38. The maximum Gasteiger partial charge on any atom is 0.273 e. The van der Waals surface area contributed by atoms with Gasteiger partial charge in [-0.1, -0.05) is 0 Å². The average Bonchev–Trinajstić information content (AvgIpc) is 3.25. The predicted molar refractivity (Wildman–Crippen MR) is 137 cm³/mol. The molecule has 37 heavy (non-hydrogen) atoms. The first-order chi connectivity index (χ1) is 17.5. The summed E-state index contributed by atoms with van der Waals surface area (Å²) in [6.07, 6.45) is 2.75. The first-order valence-electron chi connectivity index (χ1n) is 11.8. The Kier molecular flexibility index (Phi) is 7.10. The fraction of sp³-hybridized carbons (Fsp3) is 0.400. The molecular weight excluding hydrogens is 482 g/mol. The minimum absolute atomic E-state index is 0.0429. The smallest absolute Gasteiger partial charge is 0.273 e. The number of piperidine rings is 1. The van der Waals surface area contributed by atoms with Crippen molar-refractivity contribution in [1.29, 1.82) is 0 Å². The molecule has 1 fully saturated rings. The highest BCUT2D eigenvalue weighted by molar-refractivity contribution is 5.97. The third-order valence-electron chi connectivity index (χ3n) is 6.67. The predicted octanol–water partition coefficient (Wildman–Crippen LogP) is 3.24. The van der Waals surface area contributed by atoms with Crippen LogP contribution < -0.4 is 20.9 Å². The number of aryl methyl sites for hydroxylation is 1. The zero-order valence-corrected chi connectivity index (χ0v) is 21.2. The number of alkyl halides is 2. The molecule has 0 spiro atoms. The molecule has 12 heteroatoms. The number of hydrogen-bond acceptors (Lipinski definition) is 8. The Morgan fingerprint density at radius 2 is 1.89 bits per heavy atom. The van der Waals surface area contributed by atoms with Crippen molar-refractivity contribution in [2.75, 3.05) is 35.8 Å². The number of amides is 1. The van der Waals surface area contributed by atoms with Gasteiger partial charge in [0.2, 0.25) is 5.95 Å². The number of ketones is 1. The Balaban J connectivity index is 1.59. The second kappa shape index (κ2) is 10.1. The van der Waals surface area contributed by atoms with Gasteiger partial charge in [-0.3, -0.25) is 9.59 Å². The van der Waals surface area contributed by atoms with Crippen LogP contribution in [0.5, 0.6) is 0 Å². The second-order valence-electron chi connectivity index (χ2n) is 9.48. The zero-order chi connectivity index (χ0) is 26.9. The molecule has 1 saturated heterocycles. The molecule has 1 aromatic carbocycles. The summed E-state index contributed by atoms with van der Waals surface area (Å²) in [5, 5.41) is 10.9. The topological polar surface area (TPSA) is 122 Å². The summed E-state index contributed by atoms with van der Waals surface area (Å²) < 4.78 is 31.9. The molecular formula is C25H30F2N8O2. The van der Waals surface area contributed by atoms with E-state index in [1.54, 1.807) is 59.1 Å². The molecule has 0 radical (unpaired) electrons. The second-order valence-corrected chi connectivity index (χ2v) is 9.48. The minimum atomic E-state index is -3.05. The van der Waals surface area contributed by atoms with Crippen LogP contribution in [0.3, 0.4) is 0 Å². The molecule has 4 rings (SSSR count). The van der Waals surface area contributed by atoms with Crippen molar-refractivity contribution in [3.05, 3.63) is 54.0 Å². The van der Waals surface area contributed by atoms with Crippen LogP contribution in [0, 0.1) is 5.92 Å². The number of benzene rings is 1. The minimum Gasteiger partial charge on any atom is -0.378 e. The molecule has 2 aromatic heterocycles. The van der Waals surface area contributed by atoms with E-state index in [2.05, 4.69) is 20.5 Å². The van der Waals surface area contributed by atoms with Gasteiger partial charge < -0.3 is 25.4 Å². The number of aromatic nitrogens is 4. The molecule has 3 heterocycles. The summed E-state index contributed by atoms with van der Waals surface area (Å²) in [7, 11) is 5.59. The molecule has 1 amide bonds. The van der Waals surface area contributed by atoms with Crippen molar-refractivity contribution in [2.24, 2.45) is 18.7 Å². The molecule has 10 nitrogen and oxygen atoms in total. The highest BCUT2D eigenvalue weighted by atomic mass is 19.3. The number of halogens is 2. The van der Waals surface area contributed by atoms with Crippen molar-refractivity contribution in [2.45, 2.75) is 31.7 Å². The molecule has 3 aromatic rings. The summed E-state index contributed by atoms with van der Waals surface area (Å²) in [6, 6.07) is 7.85. The number of anilines is 4. The number of nitrogens with zero attached hydrogens (tertiary/aromatic N) is 6. The van der Waals surface area contributed by atoms with Crippen molar-refractivity contribution < 1.29 is 18.4 Å². The van der Waals surface area contributed by atoms with Crippen LogP contribution in [0.25, 0.3) is 0 Å². The first-order valence-corrected chi connectivity index (χ1v) is 11.8. The zero-order valence-electron chi connectivity index (χ0n) is 21.2. The van der Waals surface area contributed by atoms with E-state index in [0.29, 0.717) is 11.3 Å². The van der Waals surface area contributed by atoms with E-state index in [9.17, 15) is 9.59 Å². The Hall–Kier alpha value is -4.09. The highest BCUT2D eigenvalue weighted by Gasteiger charge is 2.49. The molecule has 196 valence electrons. The third-order valence-corrected chi connectivity index (χ3v) is 6.67. The van der Waals surface area contributed by atoms with Crippen molar-refractivity contribution in [1.82, 2.24) is 19.7 Å². The normalized spacial score (nSPS) is 18.9. The number of Topliss-reactive ketones (excluding diaryl/α,β-unsaturated/α-hetero) is 1. The van der Waals surface area contributed by atoms with Crippen LogP contribution in [0.1, 0.15) is 40.6 Å². The number of rotatable bonds is 8. The molecule has 1 aliphatic rings. The van der Waals surface area contributed by atoms with Crippen molar-refractivity contribution in [3.8, 4) is 0 Å². The lowest BCUT2D eigenvalue weighted by molar-refractivity contribution is -0.0849. The summed E-state index contributed by atoms with van der Waals surface area (Å²) >= 11 is 0. The highest BCUT2D eigenvalue weighted by Crippen LogP contribution is 2.41. The van der Waals surface area contributed by atoms with Gasteiger partial charge in [0.05, 0.1) is 11.6 Å². The first kappa shape index (κ1) is 26.0. The van der Waals surface area contributed by atoms with E-state index in [1.807, 2.05) is 26.0 Å². The molecule has 0 saturated carbocycles. The van der Waals surface area contributed by atoms with E-state index < -0.39 is 30.2 Å². The SMILES string of the molecule is C[C@@H]1[C@H](CC(=O)c2ccc(N(C)C)cc2)C(F)(F)CCN1c1nnc(C(N)=O)c(Nc2ccn(C)c2)n1. The Morgan fingerprint density at radius 3 is 2.49 bits per heavy atom. The lowest BCUT2D eigenvalue weighted by Crippen LogP contribution is -2.54. The van der Waals surface area contributed by atoms with Gasteiger partial charge in [0.1, 0.15) is 0 Å². The van der Waals surface area contributed by atoms with Gasteiger partial charge in [-0.25, -0.2) is 8.78 Å². The van der Waals surface area contributed by atoms with Crippen molar-refractivity contribution >= 4 is 34.8 Å². The molecule has 0 unspecified atom stereocenters. The number of nitrogens with two attached hydrogens (primary N) is 1. The van der Waals surface area contributed by atoms with Crippen LogP contribution in [0.4, 0.5) is 31.9 Å². The monoisotopic (exact) mass is 512 g/mol. The van der Waals surface area contributed by atoms with E-state index in [1.165, 1.54) is 0 Å². The number of nitrogens with one attached hydrogen (secondary N) is 1. The lowest BCUT2D eigenvalue weighted by Gasteiger charge is -2.43. The van der Waals surface area contributed by atoms with E-state index in [-0.39, 0.29) is 36.2 Å². The maximum atomic E-state index is 15.1. The van der Waals surface area contributed by atoms with Crippen LogP contribution >= 0.6 is 0 Å². The summed E-state index contributed by atoms with van der Waals surface area (Å²) in [4.78, 5) is 32.8. The molecule has 1 aliphatic heterocycles. The molecule has 0 bridgehead atoms. The fourth-order valence-corrected chi connectivity index (χ4v) is 4.50. The van der Waals surface area contributed by atoms with Crippen LogP contribution in [-0.4, -0.2) is 64.0 Å². The van der Waals surface area contributed by atoms with Gasteiger partial charge in [-0.05, 0) is 37.3 Å². The van der Waals surface area contributed by atoms with Crippen molar-refractivity contribution in [3.63, 3.8) is 0 Å².